The highest BCUT2D eigenvalue weighted by Crippen LogP contribution is 2.35. The van der Waals surface area contributed by atoms with Crippen LogP contribution in [0.4, 0.5) is 0 Å². The zero-order valence-corrected chi connectivity index (χ0v) is 16.7. The molecule has 3 amide bonds. The first kappa shape index (κ1) is 20.8. The van der Waals surface area contributed by atoms with E-state index in [2.05, 4.69) is 5.32 Å². The number of nitrogens with zero attached hydrogens (tertiary/aromatic N) is 1. The highest BCUT2D eigenvalue weighted by atomic mass is 16.5. The molecule has 0 radical (unpaired) electrons. The summed E-state index contributed by atoms with van der Waals surface area (Å²) in [5, 5.41) is 2.73. The average molecular weight is 398 g/mol. The van der Waals surface area contributed by atoms with Gasteiger partial charge in [-0.2, -0.15) is 0 Å². The Bertz CT molecular complexity index is 804. The van der Waals surface area contributed by atoms with Crippen molar-refractivity contribution in [2.45, 2.75) is 45.8 Å². The molecular weight excluding hydrogens is 372 g/mol. The van der Waals surface area contributed by atoms with E-state index in [1.165, 1.54) is 6.92 Å². The largest absolute Gasteiger partial charge is 0.452 e. The molecule has 7 heteroatoms. The summed E-state index contributed by atoms with van der Waals surface area (Å²) in [6.07, 6.45) is 3.88. The van der Waals surface area contributed by atoms with Crippen molar-refractivity contribution in [3.05, 3.63) is 47.5 Å². The number of hydrogen-bond donors (Lipinski definition) is 1. The molecule has 1 saturated heterocycles. The molecule has 154 valence electrons. The first-order chi connectivity index (χ1) is 13.9. The Morgan fingerprint density at radius 1 is 1.10 bits per heavy atom. The van der Waals surface area contributed by atoms with Crippen LogP contribution in [0.3, 0.4) is 0 Å². The van der Waals surface area contributed by atoms with Crippen molar-refractivity contribution in [1.29, 1.82) is 0 Å². The fraction of sp³-hybridized carbons (Fsp3) is 0.455. The Morgan fingerprint density at radius 3 is 2.28 bits per heavy atom. The van der Waals surface area contributed by atoms with Crippen LogP contribution < -0.4 is 5.32 Å². The number of likely N-dealkylation sites (tertiary alicyclic amines) is 1. The van der Waals surface area contributed by atoms with Gasteiger partial charge in [-0.15, -0.1) is 0 Å². The Kier molecular flexibility index (Phi) is 6.46. The van der Waals surface area contributed by atoms with Crippen molar-refractivity contribution in [3.8, 4) is 0 Å². The summed E-state index contributed by atoms with van der Waals surface area (Å²) in [6.45, 7) is 3.81. The number of hydrogen-bond acceptors (Lipinski definition) is 5. The topological polar surface area (TPSA) is 92.8 Å². The number of carbonyl (C=O) groups is 4. The Balaban J connectivity index is 1.43. The molecule has 2 aliphatic rings. The normalized spacial score (nSPS) is 21.7. The van der Waals surface area contributed by atoms with Crippen molar-refractivity contribution >= 4 is 23.7 Å². The van der Waals surface area contributed by atoms with Gasteiger partial charge in [0.15, 0.2) is 6.10 Å². The molecule has 1 aromatic rings. The molecule has 0 bridgehead atoms. The van der Waals surface area contributed by atoms with Crippen LogP contribution in [-0.2, 0) is 30.5 Å². The summed E-state index contributed by atoms with van der Waals surface area (Å²) in [4.78, 5) is 50.2. The molecule has 29 heavy (non-hydrogen) atoms. The van der Waals surface area contributed by atoms with E-state index in [0.717, 1.165) is 16.0 Å². The smallest absolute Gasteiger partial charge is 0.308 e. The number of esters is 1. The maximum Gasteiger partial charge on any atom is 0.308 e. The van der Waals surface area contributed by atoms with Crippen LogP contribution >= 0.6 is 0 Å². The van der Waals surface area contributed by atoms with Crippen molar-refractivity contribution in [3.63, 3.8) is 0 Å². The number of allylic oxidation sites excluding steroid dienone is 2. The summed E-state index contributed by atoms with van der Waals surface area (Å²) in [6, 6.07) is 7.75. The van der Waals surface area contributed by atoms with E-state index in [1.54, 1.807) is 0 Å². The fourth-order valence-electron chi connectivity index (χ4n) is 3.64. The maximum absolute atomic E-state index is 12.4. The minimum absolute atomic E-state index is 0.0127. The summed E-state index contributed by atoms with van der Waals surface area (Å²) in [5.41, 5.74) is 2.08. The molecule has 1 aliphatic heterocycles. The van der Waals surface area contributed by atoms with Crippen molar-refractivity contribution in [2.24, 2.45) is 11.8 Å². The third kappa shape index (κ3) is 4.91. The van der Waals surface area contributed by atoms with Crippen LogP contribution in [0.15, 0.2) is 36.4 Å². The van der Waals surface area contributed by atoms with Crippen LogP contribution in [0.1, 0.15) is 37.3 Å². The lowest BCUT2D eigenvalue weighted by Crippen LogP contribution is -2.37. The molecule has 1 N–H and O–H groups in total. The quantitative estimate of drug-likeness (QED) is 0.430. The van der Waals surface area contributed by atoms with Gasteiger partial charge in [0.2, 0.25) is 11.8 Å². The summed E-state index contributed by atoms with van der Waals surface area (Å²) < 4.78 is 5.16. The zero-order valence-electron chi connectivity index (χ0n) is 16.7. The maximum atomic E-state index is 12.4. The van der Waals surface area contributed by atoms with Gasteiger partial charge in [-0.1, -0.05) is 42.0 Å². The second-order valence-electron chi connectivity index (χ2n) is 7.57. The van der Waals surface area contributed by atoms with Crippen molar-refractivity contribution in [1.82, 2.24) is 10.2 Å². The highest BCUT2D eigenvalue weighted by molar-refractivity contribution is 6.05. The standard InChI is InChI=1S/C22H26N2O5/c1-14-7-9-16(10-8-14)13-23-20(26)15(2)29-19(25)11-12-24-21(27)17-5-3-4-6-18(17)22(24)28/h3-4,7-10,15,17-18H,5-6,11-13H2,1-2H3,(H,23,26)/t15-,17-,18-/m0/s1. The number of carbonyl (C=O) groups excluding carboxylic acids is 4. The molecule has 7 nitrogen and oxygen atoms in total. The molecule has 0 spiro atoms. The minimum Gasteiger partial charge on any atom is -0.452 e. The van der Waals surface area contributed by atoms with Crippen LogP contribution in [0.25, 0.3) is 0 Å². The Hall–Kier alpha value is -2.96. The first-order valence-electron chi connectivity index (χ1n) is 9.89. The molecular formula is C22H26N2O5. The first-order valence-corrected chi connectivity index (χ1v) is 9.89. The number of ether oxygens (including phenoxy) is 1. The highest BCUT2D eigenvalue weighted by Gasteiger charge is 2.47. The van der Waals surface area contributed by atoms with E-state index in [0.29, 0.717) is 19.4 Å². The lowest BCUT2D eigenvalue weighted by Gasteiger charge is -2.16. The van der Waals surface area contributed by atoms with E-state index in [-0.39, 0.29) is 36.6 Å². The zero-order chi connectivity index (χ0) is 21.0. The van der Waals surface area contributed by atoms with Crippen LogP contribution in [0.5, 0.6) is 0 Å². The monoisotopic (exact) mass is 398 g/mol. The molecule has 3 rings (SSSR count). The van der Waals surface area contributed by atoms with E-state index < -0.39 is 18.0 Å². The Morgan fingerprint density at radius 2 is 1.69 bits per heavy atom. The lowest BCUT2D eigenvalue weighted by molar-refractivity contribution is -0.155. The number of benzene rings is 1. The molecule has 1 fully saturated rings. The SMILES string of the molecule is Cc1ccc(CNC(=O)[C@H](C)OC(=O)CCN2C(=O)[C@H]3CC=CC[C@@H]3C2=O)cc1. The average Bonchev–Trinajstić information content (AvgIpc) is 2.96. The number of fused-ring (bicyclic) bond motifs is 1. The molecule has 3 atom stereocenters. The van der Waals surface area contributed by atoms with Gasteiger partial charge in [0, 0.05) is 13.1 Å². The summed E-state index contributed by atoms with van der Waals surface area (Å²) >= 11 is 0. The van der Waals surface area contributed by atoms with Gasteiger partial charge in [-0.25, -0.2) is 0 Å². The predicted molar refractivity (Wildman–Crippen MR) is 105 cm³/mol. The molecule has 1 aliphatic carbocycles. The van der Waals surface area contributed by atoms with Gasteiger partial charge < -0.3 is 10.1 Å². The predicted octanol–water partition coefficient (Wildman–Crippen LogP) is 1.88. The summed E-state index contributed by atoms with van der Waals surface area (Å²) in [5.74, 6) is -2.08. The third-order valence-electron chi connectivity index (χ3n) is 5.40. The van der Waals surface area contributed by atoms with E-state index in [1.807, 2.05) is 43.3 Å². The number of nitrogens with one attached hydrogen (secondary N) is 1. The number of aryl methyl sites for hydroxylation is 1. The van der Waals surface area contributed by atoms with Crippen LogP contribution in [0.2, 0.25) is 0 Å². The second-order valence-corrected chi connectivity index (χ2v) is 7.57. The second kappa shape index (κ2) is 9.03. The van der Waals surface area contributed by atoms with E-state index in [9.17, 15) is 19.2 Å². The van der Waals surface area contributed by atoms with Gasteiger partial charge in [0.25, 0.3) is 5.91 Å². The Labute approximate surface area is 170 Å². The number of amides is 3. The molecule has 0 aromatic heterocycles. The molecule has 1 heterocycles. The van der Waals surface area contributed by atoms with Crippen LogP contribution in [0, 0.1) is 18.8 Å². The lowest BCUT2D eigenvalue weighted by atomic mass is 9.85. The number of rotatable bonds is 7. The number of imide groups is 1. The summed E-state index contributed by atoms with van der Waals surface area (Å²) in [7, 11) is 0. The minimum atomic E-state index is -0.954. The van der Waals surface area contributed by atoms with Crippen molar-refractivity contribution in [2.75, 3.05) is 6.54 Å². The van der Waals surface area contributed by atoms with Gasteiger partial charge in [0.1, 0.15) is 0 Å². The van der Waals surface area contributed by atoms with Gasteiger partial charge in [-0.05, 0) is 32.3 Å². The third-order valence-corrected chi connectivity index (χ3v) is 5.40. The van der Waals surface area contributed by atoms with Gasteiger partial charge >= 0.3 is 5.97 Å². The van der Waals surface area contributed by atoms with Crippen molar-refractivity contribution < 1.29 is 23.9 Å². The van der Waals surface area contributed by atoms with Gasteiger partial charge in [0.05, 0.1) is 18.3 Å². The van der Waals surface area contributed by atoms with Crippen LogP contribution in [-0.4, -0.2) is 41.2 Å². The molecule has 0 saturated carbocycles. The molecule has 1 aromatic carbocycles. The molecule has 0 unspecified atom stereocenters. The van der Waals surface area contributed by atoms with E-state index in [4.69, 9.17) is 4.74 Å². The van der Waals surface area contributed by atoms with E-state index >= 15 is 0 Å². The fourth-order valence-corrected chi connectivity index (χ4v) is 3.64. The van der Waals surface area contributed by atoms with Gasteiger partial charge in [-0.3, -0.25) is 24.1 Å².